The van der Waals surface area contributed by atoms with Crippen LogP contribution >= 0.6 is 35.5 Å². The second-order valence-corrected chi connectivity index (χ2v) is 5.23. The topological polar surface area (TPSA) is 23.9 Å². The van der Waals surface area contributed by atoms with Crippen LogP contribution in [0, 0.1) is 10.5 Å². The van der Waals surface area contributed by atoms with Gasteiger partial charge in [-0.05, 0) is 17.7 Å². The van der Waals surface area contributed by atoms with Gasteiger partial charge in [0, 0.05) is 5.75 Å². The van der Waals surface area contributed by atoms with Gasteiger partial charge >= 0.3 is 0 Å². The van der Waals surface area contributed by atoms with Crippen molar-refractivity contribution in [3.8, 4) is 0 Å². The Bertz CT molecular complexity index is 484. The van der Waals surface area contributed by atoms with Gasteiger partial charge in [-0.1, -0.05) is 30.3 Å². The van der Waals surface area contributed by atoms with Crippen LogP contribution in [0.2, 0.25) is 0 Å². The molecule has 90 valence electrons. The molecule has 17 heavy (non-hydrogen) atoms. The van der Waals surface area contributed by atoms with Crippen molar-refractivity contribution in [1.29, 1.82) is 5.41 Å². The van der Waals surface area contributed by atoms with E-state index in [0.29, 0.717) is 9.92 Å². The molecule has 0 aliphatic carbocycles. The standard InChI is InChI=1S/C12H10FNS2.ClH/c13-11-7-6-10(16-11)12(14)15-8-9-4-2-1-3-5-9;/h1-7,14H,8H2;1H. The van der Waals surface area contributed by atoms with Crippen molar-refractivity contribution >= 4 is 40.5 Å². The molecule has 0 saturated carbocycles. The van der Waals surface area contributed by atoms with Gasteiger partial charge in [-0.15, -0.1) is 35.5 Å². The maximum atomic E-state index is 12.8. The van der Waals surface area contributed by atoms with Crippen molar-refractivity contribution in [3.63, 3.8) is 0 Å². The highest BCUT2D eigenvalue weighted by Crippen LogP contribution is 2.22. The molecule has 0 radical (unpaired) electrons. The van der Waals surface area contributed by atoms with Crippen LogP contribution in [-0.4, -0.2) is 5.04 Å². The first-order valence-electron chi connectivity index (χ1n) is 4.76. The largest absolute Gasteiger partial charge is 0.293 e. The summed E-state index contributed by atoms with van der Waals surface area (Å²) < 4.78 is 12.8. The Morgan fingerprint density at radius 3 is 2.47 bits per heavy atom. The first-order valence-corrected chi connectivity index (χ1v) is 6.57. The van der Waals surface area contributed by atoms with Gasteiger partial charge in [-0.25, -0.2) is 0 Å². The van der Waals surface area contributed by atoms with Gasteiger partial charge < -0.3 is 0 Å². The molecule has 1 aromatic carbocycles. The summed E-state index contributed by atoms with van der Waals surface area (Å²) in [4.78, 5) is 0.693. The van der Waals surface area contributed by atoms with E-state index in [1.165, 1.54) is 23.4 Å². The molecule has 1 nitrogen and oxygen atoms in total. The number of thiophene rings is 1. The molecule has 0 atom stereocenters. The third-order valence-electron chi connectivity index (χ3n) is 2.02. The van der Waals surface area contributed by atoms with Crippen molar-refractivity contribution in [3.05, 3.63) is 58.0 Å². The highest BCUT2D eigenvalue weighted by Gasteiger charge is 2.06. The number of rotatable bonds is 3. The zero-order valence-electron chi connectivity index (χ0n) is 8.85. The van der Waals surface area contributed by atoms with Crippen molar-refractivity contribution in [2.45, 2.75) is 5.75 Å². The molecule has 0 bridgehead atoms. The van der Waals surface area contributed by atoms with Gasteiger partial charge in [0.1, 0.15) is 5.04 Å². The summed E-state index contributed by atoms with van der Waals surface area (Å²) in [6.45, 7) is 0. The van der Waals surface area contributed by atoms with Crippen LogP contribution in [0.4, 0.5) is 4.39 Å². The monoisotopic (exact) mass is 287 g/mol. The highest BCUT2D eigenvalue weighted by molar-refractivity contribution is 8.13. The van der Waals surface area contributed by atoms with Crippen LogP contribution in [0.1, 0.15) is 10.4 Å². The number of hydrogen-bond acceptors (Lipinski definition) is 3. The van der Waals surface area contributed by atoms with Gasteiger partial charge in [0.25, 0.3) is 0 Å². The fourth-order valence-corrected chi connectivity index (χ4v) is 2.83. The molecule has 0 aliphatic heterocycles. The Labute approximate surface area is 114 Å². The van der Waals surface area contributed by atoms with Crippen LogP contribution in [0.3, 0.4) is 0 Å². The first-order chi connectivity index (χ1) is 7.75. The van der Waals surface area contributed by atoms with E-state index in [1.54, 1.807) is 6.07 Å². The highest BCUT2D eigenvalue weighted by atomic mass is 35.5. The third-order valence-corrected chi connectivity index (χ3v) is 4.03. The minimum Gasteiger partial charge on any atom is -0.293 e. The summed E-state index contributed by atoms with van der Waals surface area (Å²) in [5.41, 5.74) is 1.18. The smallest absolute Gasteiger partial charge is 0.177 e. The van der Waals surface area contributed by atoms with E-state index in [-0.39, 0.29) is 17.5 Å². The Hall–Kier alpha value is -0.840. The Kier molecular flexibility index (Phi) is 5.68. The number of hydrogen-bond donors (Lipinski definition) is 1. The molecule has 1 heterocycles. The lowest BCUT2D eigenvalue weighted by molar-refractivity contribution is 0.657. The van der Waals surface area contributed by atoms with Gasteiger partial charge in [0.2, 0.25) is 0 Å². The van der Waals surface area contributed by atoms with Gasteiger partial charge in [-0.2, -0.15) is 4.39 Å². The molecule has 1 N–H and O–H groups in total. The van der Waals surface area contributed by atoms with Crippen molar-refractivity contribution in [1.82, 2.24) is 0 Å². The van der Waals surface area contributed by atoms with E-state index < -0.39 is 0 Å². The third kappa shape index (κ3) is 4.15. The fraction of sp³-hybridized carbons (Fsp3) is 0.0833. The molecule has 2 rings (SSSR count). The molecular weight excluding hydrogens is 277 g/mol. The van der Waals surface area contributed by atoms with Crippen LogP contribution in [0.15, 0.2) is 42.5 Å². The van der Waals surface area contributed by atoms with Gasteiger partial charge in [-0.3, -0.25) is 5.41 Å². The second kappa shape index (κ2) is 6.79. The van der Waals surface area contributed by atoms with Gasteiger partial charge in [0.15, 0.2) is 5.13 Å². The summed E-state index contributed by atoms with van der Waals surface area (Å²) in [6.07, 6.45) is 0. The molecular formula is C12H11ClFNS2. The number of halogens is 2. The number of nitrogens with one attached hydrogen (secondary N) is 1. The molecule has 0 fully saturated rings. The average molecular weight is 288 g/mol. The predicted octanol–water partition coefficient (Wildman–Crippen LogP) is 4.57. The summed E-state index contributed by atoms with van der Waals surface area (Å²) in [6, 6.07) is 13.0. The molecule has 0 amide bonds. The molecule has 5 heteroatoms. The minimum atomic E-state index is -0.236. The first kappa shape index (κ1) is 14.2. The van der Waals surface area contributed by atoms with E-state index in [9.17, 15) is 4.39 Å². The summed E-state index contributed by atoms with van der Waals surface area (Å²) in [5.74, 6) is 0.749. The van der Waals surface area contributed by atoms with Crippen LogP contribution < -0.4 is 0 Å². The van der Waals surface area contributed by atoms with E-state index in [2.05, 4.69) is 0 Å². The van der Waals surface area contributed by atoms with E-state index in [1.807, 2.05) is 30.3 Å². The molecule has 1 aromatic heterocycles. The Balaban J connectivity index is 0.00000144. The van der Waals surface area contributed by atoms with E-state index in [0.717, 1.165) is 17.1 Å². The Morgan fingerprint density at radius 2 is 1.88 bits per heavy atom. The number of benzene rings is 1. The average Bonchev–Trinajstić information content (AvgIpc) is 2.74. The zero-order valence-corrected chi connectivity index (χ0v) is 11.3. The minimum absolute atomic E-state index is 0. The number of thioether (sulfide) groups is 1. The lowest BCUT2D eigenvalue weighted by Crippen LogP contribution is -1.90. The van der Waals surface area contributed by atoms with Crippen LogP contribution in [-0.2, 0) is 5.75 Å². The fourth-order valence-electron chi connectivity index (χ4n) is 1.24. The molecule has 0 spiro atoms. The normalized spacial score (nSPS) is 9.71. The summed E-state index contributed by atoms with van der Waals surface area (Å²) in [5, 5.41) is 7.99. The maximum absolute atomic E-state index is 12.8. The van der Waals surface area contributed by atoms with Gasteiger partial charge in [0.05, 0.1) is 4.88 Å². The van der Waals surface area contributed by atoms with E-state index in [4.69, 9.17) is 5.41 Å². The van der Waals surface area contributed by atoms with E-state index >= 15 is 0 Å². The lowest BCUT2D eigenvalue weighted by Gasteiger charge is -2.01. The predicted molar refractivity (Wildman–Crippen MR) is 76.1 cm³/mol. The quantitative estimate of drug-likeness (QED) is 0.649. The lowest BCUT2D eigenvalue weighted by atomic mass is 10.2. The zero-order chi connectivity index (χ0) is 11.4. The molecule has 0 unspecified atom stereocenters. The van der Waals surface area contributed by atoms with Crippen molar-refractivity contribution in [2.75, 3.05) is 0 Å². The maximum Gasteiger partial charge on any atom is 0.177 e. The summed E-state index contributed by atoms with van der Waals surface area (Å²) >= 11 is 2.44. The molecule has 2 aromatic rings. The molecule has 0 aliphatic rings. The molecule has 0 saturated heterocycles. The van der Waals surface area contributed by atoms with Crippen LogP contribution in [0.5, 0.6) is 0 Å². The Morgan fingerprint density at radius 1 is 1.18 bits per heavy atom. The second-order valence-electron chi connectivity index (χ2n) is 3.21. The SMILES string of the molecule is Cl.N=C(SCc1ccccc1)c1ccc(F)s1. The van der Waals surface area contributed by atoms with Crippen molar-refractivity contribution < 1.29 is 4.39 Å². The summed E-state index contributed by atoms with van der Waals surface area (Å²) in [7, 11) is 0. The van der Waals surface area contributed by atoms with Crippen LogP contribution in [0.25, 0.3) is 0 Å². The van der Waals surface area contributed by atoms with Crippen molar-refractivity contribution in [2.24, 2.45) is 0 Å².